The molecule has 0 saturated heterocycles. The maximum Gasteiger partial charge on any atom is 0.257 e. The van der Waals surface area contributed by atoms with Gasteiger partial charge in [0.15, 0.2) is 5.82 Å². The van der Waals surface area contributed by atoms with E-state index in [2.05, 4.69) is 10.1 Å². The van der Waals surface area contributed by atoms with Crippen LogP contribution >= 0.6 is 11.6 Å². The molecular weight excluding hydrogens is 352 g/mol. The van der Waals surface area contributed by atoms with Crippen molar-refractivity contribution >= 4 is 17.5 Å². The summed E-state index contributed by atoms with van der Waals surface area (Å²) in [6.07, 6.45) is 3.29. The van der Waals surface area contributed by atoms with Gasteiger partial charge >= 0.3 is 0 Å². The SMILES string of the molecule is Cc1c(C(=O)N2CCOc3ccc(Cl)cc3C2)cnn1-c1ccccn1. The standard InChI is InChI=1S/C19H17ClN4O2/c1-13-16(11-22-24(13)18-4-2-3-7-21-18)19(25)23-8-9-26-17-6-5-15(20)10-14(17)12-23/h2-7,10-11H,8-9,12H2,1H3. The van der Waals surface area contributed by atoms with Gasteiger partial charge < -0.3 is 9.64 Å². The normalized spacial score (nSPS) is 13.7. The predicted molar refractivity (Wildman–Crippen MR) is 97.8 cm³/mol. The van der Waals surface area contributed by atoms with Crippen LogP contribution in [0.1, 0.15) is 21.6 Å². The molecule has 0 N–H and O–H groups in total. The van der Waals surface area contributed by atoms with Crippen molar-refractivity contribution in [3.8, 4) is 11.6 Å². The van der Waals surface area contributed by atoms with Crippen LogP contribution in [0.25, 0.3) is 5.82 Å². The van der Waals surface area contributed by atoms with E-state index in [1.165, 1.54) is 0 Å². The molecule has 26 heavy (non-hydrogen) atoms. The zero-order valence-corrected chi connectivity index (χ0v) is 15.0. The summed E-state index contributed by atoms with van der Waals surface area (Å²) in [4.78, 5) is 19.1. The fourth-order valence-electron chi connectivity index (χ4n) is 3.04. The van der Waals surface area contributed by atoms with Crippen LogP contribution in [0.4, 0.5) is 0 Å². The minimum Gasteiger partial charge on any atom is -0.491 e. The Hall–Kier alpha value is -2.86. The number of aromatic nitrogens is 3. The van der Waals surface area contributed by atoms with Crippen LogP contribution in [0.5, 0.6) is 5.75 Å². The van der Waals surface area contributed by atoms with Gasteiger partial charge in [-0.15, -0.1) is 0 Å². The lowest BCUT2D eigenvalue weighted by Crippen LogP contribution is -2.32. The molecule has 0 bridgehead atoms. The molecule has 0 atom stereocenters. The lowest BCUT2D eigenvalue weighted by atomic mass is 10.1. The van der Waals surface area contributed by atoms with Gasteiger partial charge in [-0.3, -0.25) is 4.79 Å². The highest BCUT2D eigenvalue weighted by Gasteiger charge is 2.24. The second kappa shape index (κ2) is 6.80. The second-order valence-electron chi connectivity index (χ2n) is 6.07. The van der Waals surface area contributed by atoms with Crippen molar-refractivity contribution in [1.82, 2.24) is 19.7 Å². The molecule has 0 aliphatic carbocycles. The Morgan fingerprint density at radius 1 is 1.27 bits per heavy atom. The fraction of sp³-hybridized carbons (Fsp3) is 0.211. The first-order chi connectivity index (χ1) is 12.6. The largest absolute Gasteiger partial charge is 0.491 e. The molecule has 7 heteroatoms. The van der Waals surface area contributed by atoms with Crippen molar-refractivity contribution < 1.29 is 9.53 Å². The van der Waals surface area contributed by atoms with Crippen LogP contribution in [0.3, 0.4) is 0 Å². The van der Waals surface area contributed by atoms with Gasteiger partial charge in [0, 0.05) is 23.3 Å². The van der Waals surface area contributed by atoms with Crippen molar-refractivity contribution in [2.24, 2.45) is 0 Å². The Labute approximate surface area is 156 Å². The number of hydrogen-bond acceptors (Lipinski definition) is 4. The predicted octanol–water partition coefficient (Wildman–Crippen LogP) is 3.26. The third kappa shape index (κ3) is 3.04. The second-order valence-corrected chi connectivity index (χ2v) is 6.51. The first kappa shape index (κ1) is 16.6. The number of hydrogen-bond donors (Lipinski definition) is 0. The maximum absolute atomic E-state index is 13.1. The molecule has 3 aromatic rings. The summed E-state index contributed by atoms with van der Waals surface area (Å²) < 4.78 is 7.41. The Kier molecular flexibility index (Phi) is 4.34. The van der Waals surface area contributed by atoms with E-state index < -0.39 is 0 Å². The van der Waals surface area contributed by atoms with Crippen LogP contribution in [0.2, 0.25) is 5.02 Å². The Morgan fingerprint density at radius 3 is 2.96 bits per heavy atom. The van der Waals surface area contributed by atoms with Gasteiger partial charge in [0.05, 0.1) is 24.0 Å². The van der Waals surface area contributed by atoms with Gasteiger partial charge in [-0.05, 0) is 37.3 Å². The molecule has 1 aliphatic heterocycles. The Morgan fingerprint density at radius 2 is 2.15 bits per heavy atom. The Balaban J connectivity index is 1.63. The molecule has 3 heterocycles. The maximum atomic E-state index is 13.1. The number of rotatable bonds is 2. The summed E-state index contributed by atoms with van der Waals surface area (Å²) in [5.74, 6) is 1.37. The molecule has 0 saturated carbocycles. The van der Waals surface area contributed by atoms with Crippen molar-refractivity contribution in [1.29, 1.82) is 0 Å². The molecule has 0 spiro atoms. The Bertz CT molecular complexity index is 955. The zero-order chi connectivity index (χ0) is 18.1. The highest BCUT2D eigenvalue weighted by molar-refractivity contribution is 6.30. The summed E-state index contributed by atoms with van der Waals surface area (Å²) in [5.41, 5.74) is 2.21. The number of pyridine rings is 1. The monoisotopic (exact) mass is 368 g/mol. The van der Waals surface area contributed by atoms with Crippen molar-refractivity contribution in [3.05, 3.63) is 70.6 Å². The highest BCUT2D eigenvalue weighted by atomic mass is 35.5. The molecule has 0 fully saturated rings. The number of ether oxygens (including phenoxy) is 1. The minimum absolute atomic E-state index is 0.0823. The molecule has 6 nitrogen and oxygen atoms in total. The first-order valence-corrected chi connectivity index (χ1v) is 8.68. The van der Waals surface area contributed by atoms with Crippen LogP contribution in [-0.2, 0) is 6.54 Å². The van der Waals surface area contributed by atoms with E-state index in [4.69, 9.17) is 16.3 Å². The number of carbonyl (C=O) groups is 1. The molecule has 0 unspecified atom stereocenters. The fourth-order valence-corrected chi connectivity index (χ4v) is 3.23. The first-order valence-electron chi connectivity index (χ1n) is 8.30. The van der Waals surface area contributed by atoms with Gasteiger partial charge in [-0.2, -0.15) is 5.10 Å². The van der Waals surface area contributed by atoms with E-state index in [1.54, 1.807) is 28.0 Å². The van der Waals surface area contributed by atoms with Gasteiger partial charge in [-0.1, -0.05) is 17.7 Å². The van der Waals surface area contributed by atoms with E-state index in [9.17, 15) is 4.79 Å². The summed E-state index contributed by atoms with van der Waals surface area (Å²) >= 11 is 6.09. The van der Waals surface area contributed by atoms with Crippen LogP contribution < -0.4 is 4.74 Å². The molecular formula is C19H17ClN4O2. The van der Waals surface area contributed by atoms with E-state index >= 15 is 0 Å². The highest BCUT2D eigenvalue weighted by Crippen LogP contribution is 2.27. The lowest BCUT2D eigenvalue weighted by Gasteiger charge is -2.19. The van der Waals surface area contributed by atoms with Crippen LogP contribution in [0, 0.1) is 6.92 Å². The molecule has 1 amide bonds. The summed E-state index contributed by atoms with van der Waals surface area (Å²) in [6.45, 7) is 3.25. The average molecular weight is 369 g/mol. The van der Waals surface area contributed by atoms with E-state index in [-0.39, 0.29) is 5.91 Å². The van der Waals surface area contributed by atoms with Crippen molar-refractivity contribution in [3.63, 3.8) is 0 Å². The quantitative estimate of drug-likeness (QED) is 0.696. The van der Waals surface area contributed by atoms with Gasteiger partial charge in [-0.25, -0.2) is 9.67 Å². The summed E-state index contributed by atoms with van der Waals surface area (Å²) in [5, 5.41) is 4.96. The lowest BCUT2D eigenvalue weighted by molar-refractivity contribution is 0.0732. The van der Waals surface area contributed by atoms with Gasteiger partial charge in [0.2, 0.25) is 0 Å². The molecule has 4 rings (SSSR count). The zero-order valence-electron chi connectivity index (χ0n) is 14.2. The number of halogens is 1. The third-order valence-electron chi connectivity index (χ3n) is 4.40. The average Bonchev–Trinajstić information content (AvgIpc) is 2.91. The molecule has 1 aromatic carbocycles. The van der Waals surface area contributed by atoms with E-state index in [0.717, 1.165) is 17.0 Å². The number of fused-ring (bicyclic) bond motifs is 1. The van der Waals surface area contributed by atoms with Crippen molar-refractivity contribution in [2.75, 3.05) is 13.2 Å². The summed E-state index contributed by atoms with van der Waals surface area (Å²) in [6, 6.07) is 11.1. The van der Waals surface area contributed by atoms with E-state index in [1.807, 2.05) is 37.3 Å². The summed E-state index contributed by atoms with van der Waals surface area (Å²) in [7, 11) is 0. The smallest absolute Gasteiger partial charge is 0.257 e. The molecule has 0 radical (unpaired) electrons. The molecule has 1 aliphatic rings. The number of benzene rings is 1. The van der Waals surface area contributed by atoms with Crippen LogP contribution in [0.15, 0.2) is 48.8 Å². The van der Waals surface area contributed by atoms with Crippen LogP contribution in [-0.4, -0.2) is 38.7 Å². The van der Waals surface area contributed by atoms with E-state index in [0.29, 0.717) is 36.1 Å². The topological polar surface area (TPSA) is 60.3 Å². The number of nitrogens with zero attached hydrogens (tertiary/aromatic N) is 4. The minimum atomic E-state index is -0.0823. The van der Waals surface area contributed by atoms with Gasteiger partial charge in [0.25, 0.3) is 5.91 Å². The number of amides is 1. The van der Waals surface area contributed by atoms with Gasteiger partial charge in [0.1, 0.15) is 12.4 Å². The molecule has 132 valence electrons. The van der Waals surface area contributed by atoms with Crippen molar-refractivity contribution in [2.45, 2.75) is 13.5 Å². The molecule has 2 aromatic heterocycles. The third-order valence-corrected chi connectivity index (χ3v) is 4.63. The number of carbonyl (C=O) groups excluding carboxylic acids is 1.